The van der Waals surface area contributed by atoms with Crippen LogP contribution < -0.4 is 0 Å². The Kier molecular flexibility index (Phi) is 55.8. The number of carbonyl (C=O) groups excluding carboxylic acids is 3. The van der Waals surface area contributed by atoms with Crippen molar-refractivity contribution in [2.75, 3.05) is 13.2 Å². The second kappa shape index (κ2) is 58.4. The summed E-state index contributed by atoms with van der Waals surface area (Å²) in [4.78, 5) is 38.2. The summed E-state index contributed by atoms with van der Waals surface area (Å²) in [5.74, 6) is -0.896. The van der Waals surface area contributed by atoms with Crippen LogP contribution in [0.1, 0.15) is 297 Å². The van der Waals surface area contributed by atoms with Crippen molar-refractivity contribution in [1.82, 2.24) is 0 Å². The van der Waals surface area contributed by atoms with Crippen LogP contribution in [-0.4, -0.2) is 37.2 Å². The van der Waals surface area contributed by atoms with Crippen molar-refractivity contribution in [1.29, 1.82) is 0 Å². The maximum absolute atomic E-state index is 12.9. The molecule has 0 aromatic rings. The number of allylic oxidation sites excluding steroid dienone is 12. The molecule has 0 amide bonds. The highest BCUT2D eigenvalue weighted by molar-refractivity contribution is 5.71. The molecule has 0 heterocycles. The van der Waals surface area contributed by atoms with Crippen LogP contribution in [0.4, 0.5) is 0 Å². The zero-order valence-corrected chi connectivity index (χ0v) is 46.3. The molecule has 0 N–H and O–H groups in total. The molecule has 0 saturated carbocycles. The van der Waals surface area contributed by atoms with Crippen LogP contribution in [0.2, 0.25) is 0 Å². The fourth-order valence-electron chi connectivity index (χ4n) is 8.42. The summed E-state index contributed by atoms with van der Waals surface area (Å²) in [7, 11) is 0. The molecule has 404 valence electrons. The molecule has 0 radical (unpaired) electrons. The third-order valence-corrected chi connectivity index (χ3v) is 12.9. The van der Waals surface area contributed by atoms with Gasteiger partial charge in [-0.05, 0) is 109 Å². The average Bonchev–Trinajstić information content (AvgIpc) is 3.36. The highest BCUT2D eigenvalue weighted by Crippen LogP contribution is 2.15. The SMILES string of the molecule is CC/C=C\C/C=C\C/C=C\CCCCCCCCCC(=O)OC(COC(=O)CCCCCCC/C=C\CCCCCCC)COC(=O)CCCCCCCCCCC/C=C\C/C=C\CCCCCCC. The normalized spacial score (nSPS) is 12.6. The minimum Gasteiger partial charge on any atom is -0.462 e. The van der Waals surface area contributed by atoms with E-state index in [1.807, 2.05) is 0 Å². The molecule has 0 aromatic carbocycles. The Morgan fingerprint density at radius 3 is 0.886 bits per heavy atom. The van der Waals surface area contributed by atoms with E-state index in [4.69, 9.17) is 14.2 Å². The molecular weight excluding hydrogens is 865 g/mol. The molecule has 0 aliphatic rings. The first-order valence-electron chi connectivity index (χ1n) is 29.9. The summed E-state index contributed by atoms with van der Waals surface area (Å²) in [5.41, 5.74) is 0. The number of unbranched alkanes of at least 4 members (excludes halogenated alkanes) is 31. The summed E-state index contributed by atoms with van der Waals surface area (Å²) in [6, 6.07) is 0. The van der Waals surface area contributed by atoms with E-state index in [0.717, 1.165) is 96.3 Å². The molecule has 0 bridgehead atoms. The van der Waals surface area contributed by atoms with Gasteiger partial charge < -0.3 is 14.2 Å². The molecule has 6 heteroatoms. The molecule has 0 aliphatic heterocycles. The molecule has 1 unspecified atom stereocenters. The standard InChI is InChI=1S/C64H112O6/c1-4-7-10-13-16-19-22-25-28-30-31-32-33-35-36-39-42-45-48-51-54-57-63(66)69-60-61(59-68-62(65)56-53-50-47-44-41-38-27-24-21-18-15-12-9-6-3)70-64(67)58-55-52-49-46-43-40-37-34-29-26-23-20-17-14-11-8-5-2/h8,11,17,20,22,24-27,29-31,61H,4-7,9-10,12-16,18-19,21,23,28,32-60H2,1-3H3/b11-8-,20-17-,25-22-,27-24-,29-26-,31-30-. The molecule has 70 heavy (non-hydrogen) atoms. The van der Waals surface area contributed by atoms with Gasteiger partial charge in [0.05, 0.1) is 0 Å². The maximum Gasteiger partial charge on any atom is 0.306 e. The van der Waals surface area contributed by atoms with Gasteiger partial charge in [-0.2, -0.15) is 0 Å². The lowest BCUT2D eigenvalue weighted by atomic mass is 10.1. The summed E-state index contributed by atoms with van der Waals surface area (Å²) in [6.07, 6.45) is 74.6. The van der Waals surface area contributed by atoms with Gasteiger partial charge in [0.2, 0.25) is 0 Å². The predicted octanol–water partition coefficient (Wildman–Crippen LogP) is 20.2. The number of hydrogen-bond donors (Lipinski definition) is 0. The van der Waals surface area contributed by atoms with Crippen LogP contribution in [-0.2, 0) is 28.6 Å². The van der Waals surface area contributed by atoms with Crippen LogP contribution in [0.15, 0.2) is 72.9 Å². The van der Waals surface area contributed by atoms with E-state index in [-0.39, 0.29) is 31.1 Å². The van der Waals surface area contributed by atoms with Crippen LogP contribution in [0.25, 0.3) is 0 Å². The quantitative estimate of drug-likeness (QED) is 0.0261. The smallest absolute Gasteiger partial charge is 0.306 e. The molecule has 6 nitrogen and oxygen atoms in total. The first-order chi connectivity index (χ1) is 34.5. The summed E-state index contributed by atoms with van der Waals surface area (Å²) in [5, 5.41) is 0. The molecule has 1 atom stereocenters. The topological polar surface area (TPSA) is 78.9 Å². The van der Waals surface area contributed by atoms with Crippen molar-refractivity contribution < 1.29 is 28.6 Å². The summed E-state index contributed by atoms with van der Waals surface area (Å²) >= 11 is 0. The molecule has 0 fully saturated rings. The predicted molar refractivity (Wildman–Crippen MR) is 302 cm³/mol. The largest absolute Gasteiger partial charge is 0.462 e. The number of rotatable bonds is 54. The van der Waals surface area contributed by atoms with Crippen molar-refractivity contribution in [3.63, 3.8) is 0 Å². The van der Waals surface area contributed by atoms with Crippen LogP contribution in [0, 0.1) is 0 Å². The van der Waals surface area contributed by atoms with E-state index in [0.29, 0.717) is 19.3 Å². The fourth-order valence-corrected chi connectivity index (χ4v) is 8.42. The second-order valence-corrected chi connectivity index (χ2v) is 19.9. The Balaban J connectivity index is 4.37. The zero-order chi connectivity index (χ0) is 50.7. The van der Waals surface area contributed by atoms with E-state index in [9.17, 15) is 14.4 Å². The number of esters is 3. The highest BCUT2D eigenvalue weighted by atomic mass is 16.6. The summed E-state index contributed by atoms with van der Waals surface area (Å²) in [6.45, 7) is 6.52. The fraction of sp³-hybridized carbons (Fsp3) is 0.766. The minimum absolute atomic E-state index is 0.0835. The maximum atomic E-state index is 12.9. The van der Waals surface area contributed by atoms with Crippen molar-refractivity contribution in [3.05, 3.63) is 72.9 Å². The van der Waals surface area contributed by atoms with E-state index in [1.54, 1.807) is 0 Å². The first kappa shape index (κ1) is 66.9. The number of ether oxygens (including phenoxy) is 3. The van der Waals surface area contributed by atoms with Crippen LogP contribution >= 0.6 is 0 Å². The Morgan fingerprint density at radius 1 is 0.300 bits per heavy atom. The molecular formula is C64H112O6. The van der Waals surface area contributed by atoms with Crippen molar-refractivity contribution in [3.8, 4) is 0 Å². The van der Waals surface area contributed by atoms with Gasteiger partial charge >= 0.3 is 17.9 Å². The Morgan fingerprint density at radius 2 is 0.557 bits per heavy atom. The van der Waals surface area contributed by atoms with E-state index in [1.165, 1.54) is 161 Å². The monoisotopic (exact) mass is 977 g/mol. The average molecular weight is 978 g/mol. The van der Waals surface area contributed by atoms with Gasteiger partial charge in [-0.25, -0.2) is 0 Å². The van der Waals surface area contributed by atoms with Gasteiger partial charge in [0.1, 0.15) is 13.2 Å². The zero-order valence-electron chi connectivity index (χ0n) is 46.3. The van der Waals surface area contributed by atoms with Gasteiger partial charge in [-0.3, -0.25) is 14.4 Å². The van der Waals surface area contributed by atoms with Crippen molar-refractivity contribution in [2.24, 2.45) is 0 Å². The van der Waals surface area contributed by atoms with Crippen molar-refractivity contribution >= 4 is 17.9 Å². The second-order valence-electron chi connectivity index (χ2n) is 19.9. The van der Waals surface area contributed by atoms with Crippen LogP contribution in [0.5, 0.6) is 0 Å². The van der Waals surface area contributed by atoms with Crippen LogP contribution in [0.3, 0.4) is 0 Å². The molecule has 0 aromatic heterocycles. The van der Waals surface area contributed by atoms with Gasteiger partial charge in [0, 0.05) is 19.3 Å². The van der Waals surface area contributed by atoms with E-state index in [2.05, 4.69) is 93.7 Å². The molecule has 0 saturated heterocycles. The molecule has 0 spiro atoms. The Bertz CT molecular complexity index is 1310. The first-order valence-corrected chi connectivity index (χ1v) is 29.9. The van der Waals surface area contributed by atoms with Gasteiger partial charge in [0.25, 0.3) is 0 Å². The third-order valence-electron chi connectivity index (χ3n) is 12.9. The Labute approximate surface area is 433 Å². The van der Waals surface area contributed by atoms with Gasteiger partial charge in [0.15, 0.2) is 6.10 Å². The van der Waals surface area contributed by atoms with Gasteiger partial charge in [-0.1, -0.05) is 241 Å². The van der Waals surface area contributed by atoms with Gasteiger partial charge in [-0.15, -0.1) is 0 Å². The molecule has 0 aliphatic carbocycles. The lowest BCUT2D eigenvalue weighted by Crippen LogP contribution is -2.30. The van der Waals surface area contributed by atoms with Crippen molar-refractivity contribution in [2.45, 2.75) is 303 Å². The summed E-state index contributed by atoms with van der Waals surface area (Å²) < 4.78 is 16.9. The lowest BCUT2D eigenvalue weighted by Gasteiger charge is -2.18. The number of hydrogen-bond acceptors (Lipinski definition) is 6. The lowest BCUT2D eigenvalue weighted by molar-refractivity contribution is -0.167. The minimum atomic E-state index is -0.786. The molecule has 0 rings (SSSR count). The number of carbonyl (C=O) groups is 3. The third kappa shape index (κ3) is 55.8. The van der Waals surface area contributed by atoms with E-state index >= 15 is 0 Å². The Hall–Kier alpha value is -3.15. The highest BCUT2D eigenvalue weighted by Gasteiger charge is 2.19. The van der Waals surface area contributed by atoms with E-state index < -0.39 is 6.10 Å².